The molecule has 1 aromatic rings. The van der Waals surface area contributed by atoms with Crippen LogP contribution in [0.25, 0.3) is 0 Å². The van der Waals surface area contributed by atoms with E-state index in [1.807, 2.05) is 13.8 Å². The molecule has 0 radical (unpaired) electrons. The minimum atomic E-state index is 0.0482. The molecule has 3 N–H and O–H groups in total. The predicted molar refractivity (Wildman–Crippen MR) is 91.7 cm³/mol. The number of ether oxygens (including phenoxy) is 1. The summed E-state index contributed by atoms with van der Waals surface area (Å²) in [5, 5.41) is 17.3. The number of thiocarbonyl (C=S) groups is 1. The zero-order valence-electron chi connectivity index (χ0n) is 11.0. The SMILES string of the molecule is CCNC(=S)N/N=C/c1cc(OCC)c(O)c(Br)c1Br. The van der Waals surface area contributed by atoms with Gasteiger partial charge in [-0.25, -0.2) is 0 Å². The molecule has 1 aromatic carbocycles. The molecule has 0 aliphatic carbocycles. The minimum Gasteiger partial charge on any atom is -0.503 e. The van der Waals surface area contributed by atoms with Crippen LogP contribution in [0, 0.1) is 0 Å². The van der Waals surface area contributed by atoms with E-state index in [2.05, 4.69) is 47.7 Å². The smallest absolute Gasteiger partial charge is 0.186 e. The van der Waals surface area contributed by atoms with E-state index in [4.69, 9.17) is 17.0 Å². The Balaban J connectivity index is 2.94. The third-order valence-electron chi connectivity index (χ3n) is 2.18. The molecule has 0 amide bonds. The van der Waals surface area contributed by atoms with Crippen molar-refractivity contribution in [2.45, 2.75) is 13.8 Å². The number of phenolic OH excluding ortho intramolecular Hbond substituents is 1. The molecule has 0 aromatic heterocycles. The van der Waals surface area contributed by atoms with Gasteiger partial charge in [0.2, 0.25) is 0 Å². The lowest BCUT2D eigenvalue weighted by Gasteiger charge is -2.11. The van der Waals surface area contributed by atoms with Crippen LogP contribution in [-0.2, 0) is 0 Å². The molecule has 5 nitrogen and oxygen atoms in total. The molecule has 0 saturated carbocycles. The maximum atomic E-state index is 9.92. The summed E-state index contributed by atoms with van der Waals surface area (Å²) in [4.78, 5) is 0. The Kier molecular flexibility index (Phi) is 7.25. The van der Waals surface area contributed by atoms with E-state index in [0.29, 0.717) is 26.4 Å². The Morgan fingerprint density at radius 2 is 2.15 bits per heavy atom. The monoisotopic (exact) mass is 423 g/mol. The molecule has 0 aliphatic heterocycles. The summed E-state index contributed by atoms with van der Waals surface area (Å²) >= 11 is 11.7. The van der Waals surface area contributed by atoms with E-state index in [1.54, 1.807) is 12.3 Å². The molecule has 0 aliphatic rings. The van der Waals surface area contributed by atoms with E-state index in [-0.39, 0.29) is 5.75 Å². The summed E-state index contributed by atoms with van der Waals surface area (Å²) in [6.45, 7) is 4.98. The summed E-state index contributed by atoms with van der Waals surface area (Å²) in [5.41, 5.74) is 3.44. The number of benzene rings is 1. The van der Waals surface area contributed by atoms with Crippen LogP contribution >= 0.6 is 44.1 Å². The van der Waals surface area contributed by atoms with Crippen LogP contribution in [0.15, 0.2) is 20.1 Å². The van der Waals surface area contributed by atoms with Gasteiger partial charge in [0.05, 0.1) is 17.3 Å². The number of halogens is 2. The highest BCUT2D eigenvalue weighted by molar-refractivity contribution is 9.13. The summed E-state index contributed by atoms with van der Waals surface area (Å²) in [5.74, 6) is 0.435. The van der Waals surface area contributed by atoms with Gasteiger partial charge in [0.25, 0.3) is 0 Å². The maximum absolute atomic E-state index is 9.92. The minimum absolute atomic E-state index is 0.0482. The van der Waals surface area contributed by atoms with E-state index < -0.39 is 0 Å². The second kappa shape index (κ2) is 8.43. The molecular weight excluding hydrogens is 410 g/mol. The van der Waals surface area contributed by atoms with Crippen molar-refractivity contribution in [2.24, 2.45) is 5.10 Å². The molecule has 1 rings (SSSR count). The zero-order valence-corrected chi connectivity index (χ0v) is 15.0. The molecule has 20 heavy (non-hydrogen) atoms. The molecule has 0 spiro atoms. The molecule has 8 heteroatoms. The van der Waals surface area contributed by atoms with Crippen molar-refractivity contribution in [2.75, 3.05) is 13.2 Å². The average Bonchev–Trinajstić information content (AvgIpc) is 2.42. The maximum Gasteiger partial charge on any atom is 0.186 e. The van der Waals surface area contributed by atoms with E-state index in [9.17, 15) is 5.11 Å². The first-order valence-electron chi connectivity index (χ1n) is 5.91. The van der Waals surface area contributed by atoms with Crippen molar-refractivity contribution in [1.82, 2.24) is 10.7 Å². The van der Waals surface area contributed by atoms with Gasteiger partial charge >= 0.3 is 0 Å². The average molecular weight is 425 g/mol. The Bertz CT molecular complexity index is 524. The standard InChI is InChI=1S/C12H15Br2N3O2S/c1-3-15-12(20)17-16-6-7-5-8(19-4-2)11(18)10(14)9(7)13/h5-6,18H,3-4H2,1-2H3,(H2,15,17,20)/b16-6+. The van der Waals surface area contributed by atoms with Gasteiger partial charge in [0, 0.05) is 16.6 Å². The van der Waals surface area contributed by atoms with Crippen LogP contribution in [0.5, 0.6) is 11.5 Å². The van der Waals surface area contributed by atoms with Gasteiger partial charge in [0.1, 0.15) is 0 Å². The molecule has 110 valence electrons. The highest BCUT2D eigenvalue weighted by atomic mass is 79.9. The van der Waals surface area contributed by atoms with Gasteiger partial charge < -0.3 is 15.2 Å². The zero-order chi connectivity index (χ0) is 15.1. The van der Waals surface area contributed by atoms with Crippen LogP contribution in [0.1, 0.15) is 19.4 Å². The Morgan fingerprint density at radius 3 is 2.75 bits per heavy atom. The van der Waals surface area contributed by atoms with Crippen molar-refractivity contribution in [3.05, 3.63) is 20.6 Å². The van der Waals surface area contributed by atoms with Crippen molar-refractivity contribution >= 4 is 55.4 Å². The first-order valence-corrected chi connectivity index (χ1v) is 7.91. The lowest BCUT2D eigenvalue weighted by atomic mass is 10.2. The third kappa shape index (κ3) is 4.60. The normalized spacial score (nSPS) is 10.6. The van der Waals surface area contributed by atoms with Crippen LogP contribution in [-0.4, -0.2) is 29.6 Å². The fourth-order valence-corrected chi connectivity index (χ4v) is 2.36. The fraction of sp³-hybridized carbons (Fsp3) is 0.333. The molecule has 0 heterocycles. The predicted octanol–water partition coefficient (Wildman–Crippen LogP) is 3.13. The van der Waals surface area contributed by atoms with Gasteiger partial charge in [-0.3, -0.25) is 5.43 Å². The molecule has 0 unspecified atom stereocenters. The second-order valence-electron chi connectivity index (χ2n) is 3.60. The van der Waals surface area contributed by atoms with Gasteiger partial charge in [-0.15, -0.1) is 0 Å². The van der Waals surface area contributed by atoms with E-state index in [0.717, 1.165) is 12.1 Å². The Labute approximate surface area is 140 Å². The van der Waals surface area contributed by atoms with Crippen molar-refractivity contribution in [3.8, 4) is 11.5 Å². The first-order chi connectivity index (χ1) is 9.51. The topological polar surface area (TPSA) is 65.9 Å². The molecule has 0 saturated heterocycles. The number of aromatic hydroxyl groups is 1. The number of nitrogens with one attached hydrogen (secondary N) is 2. The quantitative estimate of drug-likeness (QED) is 0.385. The van der Waals surface area contributed by atoms with E-state index >= 15 is 0 Å². The largest absolute Gasteiger partial charge is 0.503 e. The molecular formula is C12H15Br2N3O2S. The summed E-state index contributed by atoms with van der Waals surface area (Å²) in [7, 11) is 0. The highest BCUT2D eigenvalue weighted by Gasteiger charge is 2.14. The van der Waals surface area contributed by atoms with Crippen LogP contribution in [0.2, 0.25) is 0 Å². The lowest BCUT2D eigenvalue weighted by Crippen LogP contribution is -2.31. The Morgan fingerprint density at radius 1 is 1.45 bits per heavy atom. The summed E-state index contributed by atoms with van der Waals surface area (Å²) in [6, 6.07) is 1.69. The van der Waals surface area contributed by atoms with Crippen LogP contribution < -0.4 is 15.5 Å². The lowest BCUT2D eigenvalue weighted by molar-refractivity contribution is 0.317. The molecule has 0 bridgehead atoms. The van der Waals surface area contributed by atoms with Gasteiger partial charge in [0.15, 0.2) is 16.6 Å². The van der Waals surface area contributed by atoms with Crippen LogP contribution in [0.3, 0.4) is 0 Å². The summed E-state index contributed by atoms with van der Waals surface area (Å²) < 4.78 is 6.55. The van der Waals surface area contributed by atoms with Gasteiger partial charge in [-0.05, 0) is 64.0 Å². The van der Waals surface area contributed by atoms with E-state index in [1.165, 1.54) is 0 Å². The number of hydrazone groups is 1. The number of rotatable bonds is 5. The number of hydrogen-bond acceptors (Lipinski definition) is 4. The number of hydrogen-bond donors (Lipinski definition) is 3. The molecule has 0 fully saturated rings. The van der Waals surface area contributed by atoms with Crippen LogP contribution in [0.4, 0.5) is 0 Å². The Hall–Kier alpha value is -0.860. The number of nitrogens with zero attached hydrogens (tertiary/aromatic N) is 1. The highest BCUT2D eigenvalue weighted by Crippen LogP contribution is 2.41. The molecule has 0 atom stereocenters. The fourth-order valence-electron chi connectivity index (χ4n) is 1.33. The van der Waals surface area contributed by atoms with Crippen molar-refractivity contribution in [1.29, 1.82) is 0 Å². The number of phenols is 1. The van der Waals surface area contributed by atoms with Crippen molar-refractivity contribution in [3.63, 3.8) is 0 Å². The summed E-state index contributed by atoms with van der Waals surface area (Å²) in [6.07, 6.45) is 1.58. The third-order valence-corrected chi connectivity index (χ3v) is 4.58. The van der Waals surface area contributed by atoms with Gasteiger partial charge in [-0.2, -0.15) is 5.10 Å². The van der Waals surface area contributed by atoms with Crippen molar-refractivity contribution < 1.29 is 9.84 Å². The van der Waals surface area contributed by atoms with Gasteiger partial charge in [-0.1, -0.05) is 0 Å². The first kappa shape index (κ1) is 17.2. The second-order valence-corrected chi connectivity index (χ2v) is 5.60.